The van der Waals surface area contributed by atoms with Crippen LogP contribution in [0.4, 0.5) is 0 Å². The first-order valence-electron chi connectivity index (χ1n) is 9.79. The topological polar surface area (TPSA) is 85.1 Å². The maximum atomic E-state index is 12.9. The molecule has 7 heteroatoms. The van der Waals surface area contributed by atoms with Crippen molar-refractivity contribution < 1.29 is 9.59 Å². The highest BCUT2D eigenvalue weighted by Crippen LogP contribution is 2.24. The zero-order valence-electron chi connectivity index (χ0n) is 16.0. The number of nitrogens with one attached hydrogen (secondary N) is 2. The van der Waals surface area contributed by atoms with Crippen molar-refractivity contribution in [1.82, 2.24) is 19.8 Å². The van der Waals surface area contributed by atoms with Crippen molar-refractivity contribution in [3.05, 3.63) is 34.2 Å². The molecule has 0 spiro atoms. The predicted molar refractivity (Wildman–Crippen MR) is 106 cm³/mol. The van der Waals surface area contributed by atoms with E-state index in [2.05, 4.69) is 22.5 Å². The van der Waals surface area contributed by atoms with Crippen LogP contribution in [0.3, 0.4) is 0 Å². The molecule has 0 saturated carbocycles. The van der Waals surface area contributed by atoms with Crippen molar-refractivity contribution in [2.75, 3.05) is 13.1 Å². The number of imidazole rings is 1. The zero-order chi connectivity index (χ0) is 19.7. The molecule has 1 atom stereocenters. The molecule has 28 heavy (non-hydrogen) atoms. The normalized spacial score (nSPS) is 20.7. The third kappa shape index (κ3) is 3.36. The summed E-state index contributed by atoms with van der Waals surface area (Å²) < 4.78 is 3.04. The van der Waals surface area contributed by atoms with Gasteiger partial charge in [-0.15, -0.1) is 0 Å². The molecule has 1 unspecified atom stereocenters. The highest BCUT2D eigenvalue weighted by molar-refractivity contribution is 6.00. The highest BCUT2D eigenvalue weighted by Gasteiger charge is 2.31. The Bertz CT molecular complexity index is 1050. The number of imide groups is 1. The number of aryl methyl sites for hydroxylation is 1. The van der Waals surface area contributed by atoms with Crippen molar-refractivity contribution in [2.24, 2.45) is 13.0 Å². The van der Waals surface area contributed by atoms with Gasteiger partial charge in [-0.25, -0.2) is 4.79 Å². The van der Waals surface area contributed by atoms with E-state index in [4.69, 9.17) is 0 Å². The Balaban J connectivity index is 1.70. The summed E-state index contributed by atoms with van der Waals surface area (Å²) in [5.41, 5.74) is 1.93. The number of carbonyl (C=O) groups excluding carboxylic acids is 2. The van der Waals surface area contributed by atoms with Crippen LogP contribution >= 0.6 is 0 Å². The molecule has 2 aromatic rings. The molecule has 0 aliphatic carbocycles. The Labute approximate surface area is 163 Å². The summed E-state index contributed by atoms with van der Waals surface area (Å²) in [5, 5.41) is 5.69. The number of benzene rings is 1. The van der Waals surface area contributed by atoms with Gasteiger partial charge < -0.3 is 5.32 Å². The van der Waals surface area contributed by atoms with Gasteiger partial charge in [0.2, 0.25) is 11.8 Å². The number of amides is 2. The van der Waals surface area contributed by atoms with E-state index in [9.17, 15) is 14.4 Å². The van der Waals surface area contributed by atoms with Crippen LogP contribution in [0.2, 0.25) is 0 Å². The molecule has 2 aliphatic heterocycles. The van der Waals surface area contributed by atoms with Crippen LogP contribution in [0, 0.1) is 17.8 Å². The van der Waals surface area contributed by atoms with Crippen LogP contribution in [-0.2, 0) is 16.6 Å². The smallest absolute Gasteiger partial charge is 0.317 e. The number of carbonyl (C=O) groups is 2. The molecule has 2 aliphatic rings. The minimum atomic E-state index is -0.674. The third-order valence-electron chi connectivity index (χ3n) is 5.70. The van der Waals surface area contributed by atoms with Crippen LogP contribution in [-0.4, -0.2) is 34.0 Å². The van der Waals surface area contributed by atoms with E-state index in [0.29, 0.717) is 17.9 Å². The lowest BCUT2D eigenvalue weighted by Gasteiger charge is -2.21. The molecule has 2 saturated heterocycles. The minimum absolute atomic E-state index is 0.231. The first-order chi connectivity index (χ1) is 13.6. The molecule has 1 aromatic heterocycles. The molecular weight excluding hydrogens is 356 g/mol. The van der Waals surface area contributed by atoms with E-state index >= 15 is 0 Å². The maximum absolute atomic E-state index is 12.9. The summed E-state index contributed by atoms with van der Waals surface area (Å²) in [7, 11) is 1.70. The van der Waals surface area contributed by atoms with E-state index in [1.807, 2.05) is 18.2 Å². The fourth-order valence-electron chi connectivity index (χ4n) is 4.15. The van der Waals surface area contributed by atoms with Crippen LogP contribution < -0.4 is 16.3 Å². The maximum Gasteiger partial charge on any atom is 0.329 e. The molecule has 4 rings (SSSR count). The monoisotopic (exact) mass is 380 g/mol. The summed E-state index contributed by atoms with van der Waals surface area (Å²) in [6, 6.07) is 4.93. The molecule has 146 valence electrons. The average Bonchev–Trinajstić information content (AvgIpc) is 2.94. The standard InChI is InChI=1S/C21H24N4O3/c1-24-19-15(5-2-4-14-10-12-22-13-11-14)6-3-7-16(19)25(21(24)28)17-8-9-18(26)23-20(17)27/h3,6-7,14,17,22H,4,8-13H2,1H3,(H,23,26,27). The van der Waals surface area contributed by atoms with Gasteiger partial charge in [-0.05, 0) is 50.4 Å². The average molecular weight is 380 g/mol. The molecule has 2 N–H and O–H groups in total. The fourth-order valence-corrected chi connectivity index (χ4v) is 4.15. The molecule has 1 aromatic carbocycles. The number of para-hydroxylation sites is 1. The lowest BCUT2D eigenvalue weighted by Crippen LogP contribution is -2.44. The van der Waals surface area contributed by atoms with E-state index in [-0.39, 0.29) is 18.0 Å². The number of rotatable bonds is 2. The summed E-state index contributed by atoms with van der Waals surface area (Å²) >= 11 is 0. The molecule has 2 fully saturated rings. The second-order valence-electron chi connectivity index (χ2n) is 7.55. The van der Waals surface area contributed by atoms with Gasteiger partial charge >= 0.3 is 5.69 Å². The lowest BCUT2D eigenvalue weighted by molar-refractivity contribution is -0.135. The van der Waals surface area contributed by atoms with Gasteiger partial charge in [-0.3, -0.25) is 24.0 Å². The van der Waals surface area contributed by atoms with Crippen LogP contribution in [0.5, 0.6) is 0 Å². The van der Waals surface area contributed by atoms with Crippen LogP contribution in [0.15, 0.2) is 23.0 Å². The van der Waals surface area contributed by atoms with Crippen molar-refractivity contribution in [3.63, 3.8) is 0 Å². The zero-order valence-corrected chi connectivity index (χ0v) is 16.0. The molecule has 2 amide bonds. The SMILES string of the molecule is Cn1c(=O)n(C2CCC(=O)NC2=O)c2cccc(C#CCC3CCNCC3)c21. The fraction of sp³-hybridized carbons (Fsp3) is 0.476. The van der Waals surface area contributed by atoms with E-state index < -0.39 is 11.9 Å². The number of hydrogen-bond donors (Lipinski definition) is 2. The van der Waals surface area contributed by atoms with Gasteiger partial charge in [0, 0.05) is 19.9 Å². The van der Waals surface area contributed by atoms with Crippen LogP contribution in [0.1, 0.15) is 43.7 Å². The Kier molecular flexibility index (Phi) is 5.05. The van der Waals surface area contributed by atoms with Crippen molar-refractivity contribution >= 4 is 22.8 Å². The minimum Gasteiger partial charge on any atom is -0.317 e. The Hall–Kier alpha value is -2.85. The Morgan fingerprint density at radius 2 is 1.93 bits per heavy atom. The first kappa shape index (κ1) is 18.5. The summed E-state index contributed by atoms with van der Waals surface area (Å²) in [5.74, 6) is 6.43. The van der Waals surface area contributed by atoms with E-state index in [1.54, 1.807) is 11.6 Å². The summed E-state index contributed by atoms with van der Waals surface area (Å²) in [6.45, 7) is 2.09. The van der Waals surface area contributed by atoms with Crippen molar-refractivity contribution in [3.8, 4) is 11.8 Å². The molecule has 0 radical (unpaired) electrons. The van der Waals surface area contributed by atoms with E-state index in [0.717, 1.165) is 43.4 Å². The van der Waals surface area contributed by atoms with E-state index in [1.165, 1.54) is 4.57 Å². The van der Waals surface area contributed by atoms with Gasteiger partial charge in [0.25, 0.3) is 0 Å². The summed E-state index contributed by atoms with van der Waals surface area (Å²) in [4.78, 5) is 36.7. The van der Waals surface area contributed by atoms with Crippen LogP contribution in [0.25, 0.3) is 11.0 Å². The van der Waals surface area contributed by atoms with Crippen molar-refractivity contribution in [1.29, 1.82) is 0 Å². The Morgan fingerprint density at radius 1 is 1.14 bits per heavy atom. The Morgan fingerprint density at radius 3 is 2.68 bits per heavy atom. The van der Waals surface area contributed by atoms with Gasteiger partial charge in [0.05, 0.1) is 16.6 Å². The first-order valence-corrected chi connectivity index (χ1v) is 9.79. The summed E-state index contributed by atoms with van der Waals surface area (Å²) in [6.07, 6.45) is 3.69. The number of nitrogens with zero attached hydrogens (tertiary/aromatic N) is 2. The van der Waals surface area contributed by atoms with Gasteiger partial charge in [-0.1, -0.05) is 17.9 Å². The van der Waals surface area contributed by atoms with Crippen molar-refractivity contribution in [2.45, 2.75) is 38.1 Å². The quantitative estimate of drug-likeness (QED) is 0.603. The third-order valence-corrected chi connectivity index (χ3v) is 5.70. The second-order valence-corrected chi connectivity index (χ2v) is 7.55. The molecular formula is C21H24N4O3. The number of piperidine rings is 2. The number of aromatic nitrogens is 2. The molecule has 0 bridgehead atoms. The van der Waals surface area contributed by atoms with Gasteiger partial charge in [0.1, 0.15) is 6.04 Å². The predicted octanol–water partition coefficient (Wildman–Crippen LogP) is 1.06. The lowest BCUT2D eigenvalue weighted by atomic mass is 9.95. The number of fused-ring (bicyclic) bond motifs is 1. The van der Waals surface area contributed by atoms with Gasteiger partial charge in [0.15, 0.2) is 0 Å². The highest BCUT2D eigenvalue weighted by atomic mass is 16.2. The van der Waals surface area contributed by atoms with Gasteiger partial charge in [-0.2, -0.15) is 0 Å². The largest absolute Gasteiger partial charge is 0.329 e. The second kappa shape index (κ2) is 7.64. The number of hydrogen-bond acceptors (Lipinski definition) is 4. The molecule has 3 heterocycles. The molecule has 7 nitrogen and oxygen atoms in total.